The smallest absolute Gasteiger partial charge is 0.415 e. The molecular formula is C28H32ClFN4O3. The molecule has 2 aliphatic rings. The number of nitrogen functional groups attached to an aromatic ring is 1. The molecule has 196 valence electrons. The zero-order chi connectivity index (χ0) is 27.0. The number of hydrogen-bond donors (Lipinski definition) is 1. The normalized spacial score (nSPS) is 18.9. The molecule has 37 heavy (non-hydrogen) atoms. The van der Waals surface area contributed by atoms with Crippen molar-refractivity contribution < 1.29 is 18.7 Å². The lowest BCUT2D eigenvalue weighted by atomic mass is 9.75. The van der Waals surface area contributed by atoms with Gasteiger partial charge in [-0.05, 0) is 63.8 Å². The lowest BCUT2D eigenvalue weighted by Gasteiger charge is -2.43. The van der Waals surface area contributed by atoms with Crippen LogP contribution in [-0.4, -0.2) is 42.3 Å². The molecule has 2 aromatic carbocycles. The maximum Gasteiger partial charge on any atom is 0.415 e. The van der Waals surface area contributed by atoms with Crippen LogP contribution in [0.2, 0.25) is 5.02 Å². The highest BCUT2D eigenvalue weighted by molar-refractivity contribution is 6.33. The van der Waals surface area contributed by atoms with Crippen molar-refractivity contribution in [3.63, 3.8) is 0 Å². The first-order valence-electron chi connectivity index (χ1n) is 12.3. The van der Waals surface area contributed by atoms with Crippen molar-refractivity contribution in [1.29, 1.82) is 5.26 Å². The third kappa shape index (κ3) is 5.94. The average molecular weight is 527 g/mol. The SMILES string of the molecule is C=C(C1CN(C(=O)OC(C)(C)C)c2cc(Cl)c(N)cc2O1)N1CCC(C#N)(Cc2ccc(F)cc2)CC1. The number of benzene rings is 2. The van der Waals surface area contributed by atoms with Crippen LogP contribution in [-0.2, 0) is 11.2 Å². The number of hydrogen-bond acceptors (Lipinski definition) is 6. The lowest BCUT2D eigenvalue weighted by molar-refractivity contribution is 0.0545. The van der Waals surface area contributed by atoms with Crippen LogP contribution in [0.25, 0.3) is 0 Å². The Bertz CT molecular complexity index is 1230. The number of rotatable bonds is 4. The van der Waals surface area contributed by atoms with Gasteiger partial charge >= 0.3 is 6.09 Å². The van der Waals surface area contributed by atoms with E-state index in [9.17, 15) is 14.4 Å². The first-order valence-corrected chi connectivity index (χ1v) is 12.6. The Morgan fingerprint density at radius 3 is 2.54 bits per heavy atom. The van der Waals surface area contributed by atoms with Gasteiger partial charge in [0.25, 0.3) is 0 Å². The maximum atomic E-state index is 13.3. The molecule has 0 radical (unpaired) electrons. The molecule has 1 saturated heterocycles. The Balaban J connectivity index is 1.50. The minimum absolute atomic E-state index is 0.191. The van der Waals surface area contributed by atoms with Crippen molar-refractivity contribution in [3.8, 4) is 11.8 Å². The Labute approximate surface area is 222 Å². The van der Waals surface area contributed by atoms with Gasteiger partial charge in [-0.1, -0.05) is 30.3 Å². The molecule has 0 aliphatic carbocycles. The molecule has 0 aromatic heterocycles. The summed E-state index contributed by atoms with van der Waals surface area (Å²) in [6.45, 7) is 11.1. The predicted octanol–water partition coefficient (Wildman–Crippen LogP) is 5.93. The van der Waals surface area contributed by atoms with Gasteiger partial charge in [-0.3, -0.25) is 4.90 Å². The summed E-state index contributed by atoms with van der Waals surface area (Å²) >= 11 is 6.25. The Hall–Kier alpha value is -3.44. The summed E-state index contributed by atoms with van der Waals surface area (Å²) in [5.74, 6) is 0.129. The van der Waals surface area contributed by atoms with Gasteiger partial charge in [0.2, 0.25) is 0 Å². The Kier molecular flexibility index (Phi) is 7.29. The highest BCUT2D eigenvalue weighted by atomic mass is 35.5. The molecule has 0 bridgehead atoms. The van der Waals surface area contributed by atoms with E-state index in [2.05, 4.69) is 17.5 Å². The fourth-order valence-electron chi connectivity index (χ4n) is 4.73. The number of carbonyl (C=O) groups is 1. The number of nitrogens with two attached hydrogens (primary N) is 1. The van der Waals surface area contributed by atoms with E-state index in [4.69, 9.17) is 26.8 Å². The zero-order valence-electron chi connectivity index (χ0n) is 21.4. The summed E-state index contributed by atoms with van der Waals surface area (Å²) in [5, 5.41) is 10.3. The fraction of sp³-hybridized carbons (Fsp3) is 0.429. The largest absolute Gasteiger partial charge is 0.480 e. The number of likely N-dealkylation sites (tertiary alicyclic amines) is 1. The number of amides is 1. The molecule has 1 amide bonds. The molecule has 1 unspecified atom stereocenters. The second-order valence-corrected chi connectivity index (χ2v) is 11.1. The van der Waals surface area contributed by atoms with Crippen molar-refractivity contribution in [2.24, 2.45) is 5.41 Å². The monoisotopic (exact) mass is 526 g/mol. The summed E-state index contributed by atoms with van der Waals surface area (Å²) < 4.78 is 25.2. The summed E-state index contributed by atoms with van der Waals surface area (Å²) in [4.78, 5) is 16.7. The second-order valence-electron chi connectivity index (χ2n) is 10.7. The van der Waals surface area contributed by atoms with Crippen molar-refractivity contribution in [2.45, 2.75) is 51.7 Å². The van der Waals surface area contributed by atoms with Gasteiger partial charge in [-0.25, -0.2) is 9.18 Å². The van der Waals surface area contributed by atoms with E-state index in [1.54, 1.807) is 45.0 Å². The maximum absolute atomic E-state index is 13.3. The first kappa shape index (κ1) is 26.6. The van der Waals surface area contributed by atoms with E-state index in [1.165, 1.54) is 17.0 Å². The standard InChI is InChI=1S/C28H32ClFN4O3/c1-18(33-11-9-28(17-31,10-12-33)15-19-5-7-20(30)8-6-19)25-16-34(26(35)37-27(2,3)4)23-13-21(29)22(32)14-24(23)36-25/h5-8,13-14,25H,1,9-12,15-16,32H2,2-4H3. The van der Waals surface area contributed by atoms with Crippen molar-refractivity contribution >= 4 is 29.1 Å². The number of carbonyl (C=O) groups excluding carboxylic acids is 1. The van der Waals surface area contributed by atoms with Crippen LogP contribution in [0.4, 0.5) is 20.6 Å². The molecule has 0 saturated carbocycles. The molecule has 9 heteroatoms. The number of fused-ring (bicyclic) bond motifs is 1. The molecule has 4 rings (SSSR count). The molecular weight excluding hydrogens is 495 g/mol. The van der Waals surface area contributed by atoms with Crippen LogP contribution in [0.15, 0.2) is 48.7 Å². The van der Waals surface area contributed by atoms with Gasteiger partial charge in [0.15, 0.2) is 6.10 Å². The molecule has 1 atom stereocenters. The van der Waals surface area contributed by atoms with Crippen LogP contribution in [0.1, 0.15) is 39.2 Å². The minimum atomic E-state index is -0.683. The summed E-state index contributed by atoms with van der Waals surface area (Å²) in [7, 11) is 0. The Morgan fingerprint density at radius 1 is 1.30 bits per heavy atom. The molecule has 2 aromatic rings. The minimum Gasteiger partial charge on any atom is -0.480 e. The van der Waals surface area contributed by atoms with Crippen molar-refractivity contribution in [2.75, 3.05) is 30.3 Å². The van der Waals surface area contributed by atoms with Crippen molar-refractivity contribution in [1.82, 2.24) is 4.90 Å². The number of nitrogens with zero attached hydrogens (tertiary/aromatic N) is 3. The van der Waals surface area contributed by atoms with Crippen molar-refractivity contribution in [3.05, 3.63) is 65.1 Å². The lowest BCUT2D eigenvalue weighted by Crippen LogP contribution is -2.50. The molecule has 0 spiro atoms. The van der Waals surface area contributed by atoms with Crippen LogP contribution in [0, 0.1) is 22.6 Å². The fourth-order valence-corrected chi connectivity index (χ4v) is 4.89. The van der Waals surface area contributed by atoms with Crippen LogP contribution < -0.4 is 15.4 Å². The number of halogens is 2. The quantitative estimate of drug-likeness (QED) is 0.497. The van der Waals surface area contributed by atoms with E-state index < -0.39 is 23.2 Å². The molecule has 1 fully saturated rings. The van der Waals surface area contributed by atoms with Gasteiger partial charge in [-0.2, -0.15) is 5.26 Å². The number of anilines is 2. The van der Waals surface area contributed by atoms with Gasteiger partial charge in [0, 0.05) is 24.9 Å². The van der Waals surface area contributed by atoms with E-state index in [1.807, 2.05) is 0 Å². The first-order chi connectivity index (χ1) is 17.4. The van der Waals surface area contributed by atoms with Crippen LogP contribution in [0.5, 0.6) is 5.75 Å². The molecule has 7 nitrogen and oxygen atoms in total. The van der Waals surface area contributed by atoms with Gasteiger partial charge in [0.05, 0.1) is 34.4 Å². The summed E-state index contributed by atoms with van der Waals surface area (Å²) in [5.41, 5.74) is 7.27. The van der Waals surface area contributed by atoms with Crippen LogP contribution in [0.3, 0.4) is 0 Å². The number of ether oxygens (including phenoxy) is 2. The van der Waals surface area contributed by atoms with E-state index >= 15 is 0 Å². The number of piperidine rings is 1. The van der Waals surface area contributed by atoms with E-state index in [0.29, 0.717) is 60.2 Å². The van der Waals surface area contributed by atoms with E-state index in [-0.39, 0.29) is 12.4 Å². The summed E-state index contributed by atoms with van der Waals surface area (Å²) in [6, 6.07) is 12.0. The highest BCUT2D eigenvalue weighted by Gasteiger charge is 2.39. The second kappa shape index (κ2) is 10.1. The molecule has 2 N–H and O–H groups in total. The highest BCUT2D eigenvalue weighted by Crippen LogP contribution is 2.42. The van der Waals surface area contributed by atoms with Gasteiger partial charge in [0.1, 0.15) is 17.2 Å². The predicted molar refractivity (Wildman–Crippen MR) is 142 cm³/mol. The summed E-state index contributed by atoms with van der Waals surface area (Å²) in [6.07, 6.45) is 0.761. The van der Waals surface area contributed by atoms with Gasteiger partial charge < -0.3 is 20.1 Å². The third-order valence-corrected chi connectivity index (χ3v) is 7.12. The van der Waals surface area contributed by atoms with Gasteiger partial charge in [-0.15, -0.1) is 0 Å². The zero-order valence-corrected chi connectivity index (χ0v) is 22.1. The Morgan fingerprint density at radius 2 is 1.95 bits per heavy atom. The molecule has 2 heterocycles. The van der Waals surface area contributed by atoms with Crippen LogP contribution >= 0.6 is 11.6 Å². The topological polar surface area (TPSA) is 91.8 Å². The third-order valence-electron chi connectivity index (χ3n) is 6.79. The molecule has 2 aliphatic heterocycles. The average Bonchev–Trinajstić information content (AvgIpc) is 2.84. The number of nitriles is 1. The van der Waals surface area contributed by atoms with E-state index in [0.717, 1.165) is 5.56 Å².